The third kappa shape index (κ3) is 5.75. The topological polar surface area (TPSA) is 9.23 Å². The Balaban J connectivity index is 0.00000225. The van der Waals surface area contributed by atoms with E-state index in [9.17, 15) is 12.9 Å². The van der Waals surface area contributed by atoms with E-state index in [-0.39, 0.29) is 57.4 Å². The van der Waals surface area contributed by atoms with E-state index in [2.05, 4.69) is 0 Å². The summed E-state index contributed by atoms with van der Waals surface area (Å²) in [5.41, 5.74) is 0.348. The van der Waals surface area contributed by atoms with Gasteiger partial charge in [-0.05, 0) is 18.2 Å². The number of benzene rings is 1. The number of methoxy groups -OCH3 is 1. The van der Waals surface area contributed by atoms with Crippen molar-refractivity contribution in [1.29, 1.82) is 0 Å². The van der Waals surface area contributed by atoms with Crippen molar-refractivity contribution in [3.63, 3.8) is 0 Å². The molecule has 0 heterocycles. The molecule has 1 nitrogen and oxygen atoms in total. The van der Waals surface area contributed by atoms with Gasteiger partial charge in [0.15, 0.2) is 0 Å². The minimum absolute atomic E-state index is 0. The van der Waals surface area contributed by atoms with Crippen molar-refractivity contribution in [2.45, 2.75) is 0 Å². The van der Waals surface area contributed by atoms with Crippen molar-refractivity contribution in [2.75, 3.05) is 7.11 Å². The summed E-state index contributed by atoms with van der Waals surface area (Å²) in [5, 5.41) is 0.418. The van der Waals surface area contributed by atoms with E-state index in [1.807, 2.05) is 0 Å². The van der Waals surface area contributed by atoms with Crippen molar-refractivity contribution >= 4 is 24.7 Å². The molecule has 7 heteroatoms. The molecule has 1 rings (SSSR count). The van der Waals surface area contributed by atoms with E-state index in [4.69, 9.17) is 16.3 Å². The van der Waals surface area contributed by atoms with Gasteiger partial charge in [0.1, 0.15) is 5.75 Å². The fraction of sp³-hybridized carbons (Fsp3) is 0.111. The summed E-state index contributed by atoms with van der Waals surface area (Å²) in [6.45, 7) is -4.93. The van der Waals surface area contributed by atoms with E-state index < -0.39 is 6.98 Å². The summed E-state index contributed by atoms with van der Waals surface area (Å²) >= 11 is 5.66. The number of ether oxygens (including phenoxy) is 1. The molecule has 0 aliphatic rings. The first kappa shape index (κ1) is 16.5. The number of hydrogen-bond acceptors (Lipinski definition) is 1. The molecule has 0 atom stereocenters. The Hall–Kier alpha value is 0.541. The Morgan fingerprint density at radius 1 is 1.31 bits per heavy atom. The largest absolute Gasteiger partial charge is 1.00 e. The van der Waals surface area contributed by atoms with Gasteiger partial charge < -0.3 is 17.7 Å². The Labute approximate surface area is 139 Å². The van der Waals surface area contributed by atoms with Crippen molar-refractivity contribution in [2.24, 2.45) is 0 Å². The monoisotopic (exact) mass is 274 g/mol. The van der Waals surface area contributed by atoms with Gasteiger partial charge in [-0.25, -0.2) is 0 Å². The zero-order chi connectivity index (χ0) is 11.5. The van der Waals surface area contributed by atoms with Gasteiger partial charge in [-0.15, -0.1) is 5.98 Å². The van der Waals surface area contributed by atoms with Crippen LogP contribution in [0.3, 0.4) is 0 Å². The van der Waals surface area contributed by atoms with Crippen LogP contribution in [0.1, 0.15) is 5.56 Å². The van der Waals surface area contributed by atoms with Crippen LogP contribution in [0.2, 0.25) is 5.02 Å². The maximum absolute atomic E-state index is 12.0. The average Bonchev–Trinajstić information content (AvgIpc) is 2.14. The third-order valence-corrected chi connectivity index (χ3v) is 1.92. The second kappa shape index (κ2) is 7.08. The summed E-state index contributed by atoms with van der Waals surface area (Å²) in [6.07, 6.45) is 0.967. The SMILES string of the molecule is COc1cc(Cl)ccc1/C=C/[B-](F)(F)F.[K+]. The van der Waals surface area contributed by atoms with Gasteiger partial charge in [0.2, 0.25) is 0 Å². The molecule has 0 unspecified atom stereocenters. The predicted octanol–water partition coefficient (Wildman–Crippen LogP) is 0.752. The van der Waals surface area contributed by atoms with Crippen molar-refractivity contribution in [1.82, 2.24) is 0 Å². The van der Waals surface area contributed by atoms with Crippen LogP contribution in [0.5, 0.6) is 5.75 Å². The van der Waals surface area contributed by atoms with Crippen LogP contribution in [-0.4, -0.2) is 14.1 Å². The first-order valence-electron chi connectivity index (χ1n) is 4.15. The number of hydrogen-bond donors (Lipinski definition) is 0. The maximum atomic E-state index is 12.0. The van der Waals surface area contributed by atoms with Gasteiger partial charge in [0, 0.05) is 10.6 Å². The van der Waals surface area contributed by atoms with Crippen LogP contribution in [0.25, 0.3) is 6.08 Å². The zero-order valence-electron chi connectivity index (χ0n) is 8.88. The second-order valence-electron chi connectivity index (χ2n) is 2.87. The van der Waals surface area contributed by atoms with Crippen LogP contribution in [-0.2, 0) is 0 Å². The molecule has 0 aliphatic heterocycles. The van der Waals surface area contributed by atoms with Gasteiger partial charge in [-0.3, -0.25) is 0 Å². The fourth-order valence-electron chi connectivity index (χ4n) is 1.04. The quantitative estimate of drug-likeness (QED) is 0.739. The second-order valence-corrected chi connectivity index (χ2v) is 3.31. The molecule has 1 aromatic carbocycles. The zero-order valence-corrected chi connectivity index (χ0v) is 12.8. The molecule has 0 saturated carbocycles. The number of halogens is 4. The molecule has 0 bridgehead atoms. The summed E-state index contributed by atoms with van der Waals surface area (Å²) in [6, 6.07) is 4.44. The van der Waals surface area contributed by atoms with E-state index in [1.165, 1.54) is 25.3 Å². The smallest absolute Gasteiger partial charge is 0.496 e. The van der Waals surface area contributed by atoms with Crippen molar-refractivity contribution in [3.05, 3.63) is 34.8 Å². The van der Waals surface area contributed by atoms with Crippen LogP contribution < -0.4 is 56.1 Å². The van der Waals surface area contributed by atoms with E-state index in [1.54, 1.807) is 0 Å². The molecular formula is C9H8BClF3KO. The van der Waals surface area contributed by atoms with E-state index in [0.717, 1.165) is 6.08 Å². The van der Waals surface area contributed by atoms with Crippen molar-refractivity contribution in [3.8, 4) is 5.75 Å². The minimum atomic E-state index is -4.93. The first-order valence-corrected chi connectivity index (χ1v) is 4.53. The molecule has 1 aromatic rings. The molecule has 0 aliphatic carbocycles. The van der Waals surface area contributed by atoms with E-state index in [0.29, 0.717) is 16.3 Å². The average molecular weight is 275 g/mol. The summed E-state index contributed by atoms with van der Waals surface area (Å²) < 4.78 is 40.8. The molecule has 0 radical (unpaired) electrons. The third-order valence-electron chi connectivity index (χ3n) is 1.69. The fourth-order valence-corrected chi connectivity index (χ4v) is 1.20. The molecule has 0 spiro atoms. The Bertz CT molecular complexity index is 382. The Kier molecular flexibility index (Phi) is 7.32. The van der Waals surface area contributed by atoms with Crippen LogP contribution in [0, 0.1) is 0 Å². The van der Waals surface area contributed by atoms with Crippen LogP contribution in [0.15, 0.2) is 24.2 Å². The van der Waals surface area contributed by atoms with Gasteiger partial charge in [-0.2, -0.15) is 0 Å². The molecular weight excluding hydrogens is 266 g/mol. The Morgan fingerprint density at radius 3 is 2.44 bits per heavy atom. The Morgan fingerprint density at radius 2 is 1.94 bits per heavy atom. The summed E-state index contributed by atoms with van der Waals surface area (Å²) in [5.74, 6) is 0.532. The van der Waals surface area contributed by atoms with Gasteiger partial charge >= 0.3 is 58.4 Å². The molecule has 0 aromatic heterocycles. The van der Waals surface area contributed by atoms with Gasteiger partial charge in [0.25, 0.3) is 0 Å². The molecule has 0 fully saturated rings. The molecule has 16 heavy (non-hydrogen) atoms. The van der Waals surface area contributed by atoms with E-state index >= 15 is 0 Å². The first-order chi connectivity index (χ1) is 6.92. The predicted molar refractivity (Wildman–Crippen MR) is 56.1 cm³/mol. The normalized spacial score (nSPS) is 11.3. The molecule has 0 saturated heterocycles. The van der Waals surface area contributed by atoms with Gasteiger partial charge in [-0.1, -0.05) is 17.7 Å². The number of rotatable bonds is 3. The van der Waals surface area contributed by atoms with Crippen molar-refractivity contribution < 1.29 is 69.1 Å². The summed E-state index contributed by atoms with van der Waals surface area (Å²) in [4.78, 5) is 0. The molecule has 0 N–H and O–H groups in total. The minimum Gasteiger partial charge on any atom is -0.496 e. The van der Waals surface area contributed by atoms with Gasteiger partial charge in [0.05, 0.1) is 7.11 Å². The maximum Gasteiger partial charge on any atom is 1.00 e. The summed E-state index contributed by atoms with van der Waals surface area (Å²) in [7, 11) is 1.38. The molecule has 0 amide bonds. The standard InChI is InChI=1S/C9H8BClF3O.K/c1-15-9-6-8(11)3-2-7(9)4-5-10(12,13)14;/h2-6H,1H3;/q-1;+1/b5-4+;. The molecule has 82 valence electrons. The van der Waals surface area contributed by atoms with Crippen LogP contribution in [0.4, 0.5) is 12.9 Å². The van der Waals surface area contributed by atoms with Crippen LogP contribution >= 0.6 is 11.6 Å².